The summed E-state index contributed by atoms with van der Waals surface area (Å²) in [5, 5.41) is 6.02. The van der Waals surface area contributed by atoms with E-state index in [2.05, 4.69) is 15.6 Å². The van der Waals surface area contributed by atoms with E-state index in [1.807, 2.05) is 0 Å². The van der Waals surface area contributed by atoms with Gasteiger partial charge in [0, 0.05) is 0 Å². The van der Waals surface area contributed by atoms with Gasteiger partial charge < -0.3 is 0 Å². The third kappa shape index (κ3) is 0.887. The van der Waals surface area contributed by atoms with Crippen molar-refractivity contribution >= 4 is 12.4 Å². The molecule has 36 valence electrons. The van der Waals surface area contributed by atoms with Crippen LogP contribution in [0.4, 0.5) is 4.79 Å². The monoisotopic (exact) mass is 98.0 g/mol. The van der Waals surface area contributed by atoms with Crippen LogP contribution < -0.4 is 15.6 Å². The van der Waals surface area contributed by atoms with Gasteiger partial charge in [0.15, 0.2) is 0 Å². The Bertz CT molecular complexity index is 109. The number of carbonyl (C=O) groups excluding carboxylic acids is 1. The van der Waals surface area contributed by atoms with Crippen LogP contribution in [0.2, 0.25) is 0 Å². The van der Waals surface area contributed by atoms with Crippen molar-refractivity contribution in [2.75, 3.05) is 6.67 Å². The van der Waals surface area contributed by atoms with E-state index in [0.29, 0.717) is 6.67 Å². The minimum absolute atomic E-state index is 0.363. The Morgan fingerprint density at radius 2 is 2.86 bits per heavy atom. The number of nitrogens with one attached hydrogen (secondary N) is 1. The first kappa shape index (κ1) is 4.11. The second-order valence-corrected chi connectivity index (χ2v) is 1.06. The summed E-state index contributed by atoms with van der Waals surface area (Å²) in [6.45, 7) is 0.363. The van der Waals surface area contributed by atoms with Gasteiger partial charge in [-0.15, -0.1) is 0 Å². The van der Waals surface area contributed by atoms with Crippen LogP contribution in [-0.4, -0.2) is 19.0 Å². The van der Waals surface area contributed by atoms with E-state index in [0.717, 1.165) is 0 Å². The molecule has 4 nitrogen and oxygen atoms in total. The third-order valence-electron chi connectivity index (χ3n) is 0.572. The molecule has 1 heterocycles. The standard InChI is InChI=1S/C3H4N3O/c7-3-5-1-4-2-6-3/h1,4H,2H2/q+1. The van der Waals surface area contributed by atoms with Gasteiger partial charge in [0.1, 0.15) is 0 Å². The molecule has 0 unspecified atom stereocenters. The van der Waals surface area contributed by atoms with Crippen molar-refractivity contribution in [1.82, 2.24) is 15.6 Å². The van der Waals surface area contributed by atoms with Crippen LogP contribution in [0.3, 0.4) is 0 Å². The number of rotatable bonds is 0. The maximum Gasteiger partial charge on any atom is 0.508 e. The Balaban J connectivity index is 2.51. The molecular formula is C3H4N3O+. The Morgan fingerprint density at radius 3 is 3.14 bits per heavy atom. The lowest BCUT2D eigenvalue weighted by Crippen LogP contribution is -2.36. The highest BCUT2D eigenvalue weighted by Crippen LogP contribution is 1.64. The fourth-order valence-electron chi connectivity index (χ4n) is 0.296. The minimum atomic E-state index is -0.404. The first-order chi connectivity index (χ1) is 3.39. The van der Waals surface area contributed by atoms with E-state index in [1.165, 1.54) is 6.34 Å². The number of nitrogens with zero attached hydrogens (tertiary/aromatic N) is 2. The van der Waals surface area contributed by atoms with Crippen molar-refractivity contribution in [2.24, 2.45) is 0 Å². The Morgan fingerprint density at radius 1 is 2.00 bits per heavy atom. The fourth-order valence-corrected chi connectivity index (χ4v) is 0.296. The summed E-state index contributed by atoms with van der Waals surface area (Å²) in [6.07, 6.45) is 1.34. The predicted octanol–water partition coefficient (Wildman–Crippen LogP) is -1.36. The number of amides is 2. The summed E-state index contributed by atoms with van der Waals surface area (Å²) in [6, 6.07) is -0.404. The number of carbonyl (C=O) groups is 1. The number of urea groups is 1. The Kier molecular flexibility index (Phi) is 0.934. The van der Waals surface area contributed by atoms with Gasteiger partial charge >= 0.3 is 6.03 Å². The predicted molar refractivity (Wildman–Crippen MR) is 23.7 cm³/mol. The van der Waals surface area contributed by atoms with Gasteiger partial charge in [0.25, 0.3) is 0 Å². The highest BCUT2D eigenvalue weighted by atomic mass is 16.2. The summed E-state index contributed by atoms with van der Waals surface area (Å²) in [4.78, 5) is 13.3. The lowest BCUT2D eigenvalue weighted by Gasteiger charge is -1.89. The van der Waals surface area contributed by atoms with Gasteiger partial charge in [0.2, 0.25) is 13.0 Å². The lowest BCUT2D eigenvalue weighted by molar-refractivity contribution is 0.244. The average molecular weight is 98.1 g/mol. The van der Waals surface area contributed by atoms with Gasteiger partial charge in [0.05, 0.1) is 0 Å². The molecule has 2 amide bonds. The summed E-state index contributed by atoms with van der Waals surface area (Å²) in [5.41, 5.74) is 0. The van der Waals surface area contributed by atoms with Crippen molar-refractivity contribution < 1.29 is 4.79 Å². The first-order valence-electron chi connectivity index (χ1n) is 1.87. The van der Waals surface area contributed by atoms with Crippen molar-refractivity contribution in [3.63, 3.8) is 0 Å². The van der Waals surface area contributed by atoms with Crippen LogP contribution in [-0.2, 0) is 0 Å². The Labute approximate surface area is 40.6 Å². The molecule has 0 atom stereocenters. The molecule has 1 aliphatic heterocycles. The maximum absolute atomic E-state index is 10.1. The van der Waals surface area contributed by atoms with E-state index in [-0.39, 0.29) is 0 Å². The molecule has 0 aromatic rings. The van der Waals surface area contributed by atoms with E-state index in [4.69, 9.17) is 0 Å². The second-order valence-electron chi connectivity index (χ2n) is 1.06. The lowest BCUT2D eigenvalue weighted by atomic mass is 10.8. The van der Waals surface area contributed by atoms with Crippen LogP contribution in [0.25, 0.3) is 0 Å². The minimum Gasteiger partial charge on any atom is -0.276 e. The fraction of sp³-hybridized carbons (Fsp3) is 0.333. The van der Waals surface area contributed by atoms with Crippen molar-refractivity contribution in [3.05, 3.63) is 0 Å². The quantitative estimate of drug-likeness (QED) is 0.406. The van der Waals surface area contributed by atoms with Crippen LogP contribution in [0.1, 0.15) is 0 Å². The van der Waals surface area contributed by atoms with Crippen LogP contribution >= 0.6 is 0 Å². The van der Waals surface area contributed by atoms with E-state index < -0.39 is 6.03 Å². The summed E-state index contributed by atoms with van der Waals surface area (Å²) in [5.74, 6) is 0. The second kappa shape index (κ2) is 1.59. The highest BCUT2D eigenvalue weighted by Gasteiger charge is 2.11. The van der Waals surface area contributed by atoms with Gasteiger partial charge in [-0.2, -0.15) is 0 Å². The molecular weight excluding hydrogens is 94.1 g/mol. The summed E-state index contributed by atoms with van der Waals surface area (Å²) in [7, 11) is 0. The largest absolute Gasteiger partial charge is 0.508 e. The Hall–Kier alpha value is -1.06. The van der Waals surface area contributed by atoms with Gasteiger partial charge in [-0.25, -0.2) is 4.79 Å². The molecule has 1 aliphatic rings. The van der Waals surface area contributed by atoms with Crippen LogP contribution in [0, 0.1) is 0 Å². The van der Waals surface area contributed by atoms with E-state index >= 15 is 0 Å². The molecule has 0 aromatic carbocycles. The molecule has 0 saturated carbocycles. The van der Waals surface area contributed by atoms with E-state index in [9.17, 15) is 4.79 Å². The summed E-state index contributed by atoms with van der Waals surface area (Å²) >= 11 is 0. The van der Waals surface area contributed by atoms with Gasteiger partial charge in [-0.05, 0) is 4.99 Å². The number of hydrogen-bond acceptors (Lipinski definition) is 2. The molecule has 1 rings (SSSR count). The summed E-state index contributed by atoms with van der Waals surface area (Å²) < 4.78 is 0. The smallest absolute Gasteiger partial charge is 0.276 e. The zero-order chi connectivity index (χ0) is 5.11. The SMILES string of the molecule is O=C1[N]CNC=[N+]1. The molecule has 1 N–H and O–H groups in total. The van der Waals surface area contributed by atoms with Crippen LogP contribution in [0.5, 0.6) is 0 Å². The molecule has 0 fully saturated rings. The number of hydrogen-bond donors (Lipinski definition) is 1. The molecule has 0 spiro atoms. The molecule has 7 heavy (non-hydrogen) atoms. The molecule has 0 aliphatic carbocycles. The topological polar surface area (TPSA) is 57.3 Å². The highest BCUT2D eigenvalue weighted by molar-refractivity contribution is 5.81. The van der Waals surface area contributed by atoms with Crippen molar-refractivity contribution in [2.45, 2.75) is 0 Å². The third-order valence-corrected chi connectivity index (χ3v) is 0.572. The molecule has 0 bridgehead atoms. The average Bonchev–Trinajstić information content (AvgIpc) is 1.69. The van der Waals surface area contributed by atoms with Crippen molar-refractivity contribution in [3.8, 4) is 0 Å². The van der Waals surface area contributed by atoms with E-state index in [1.54, 1.807) is 0 Å². The van der Waals surface area contributed by atoms with Crippen LogP contribution in [0.15, 0.2) is 0 Å². The maximum atomic E-state index is 10.1. The number of aliphatic imine (C=N–C) groups is 1. The molecule has 2 radical (unpaired) electrons. The molecule has 4 heteroatoms. The first-order valence-corrected chi connectivity index (χ1v) is 1.87. The zero-order valence-corrected chi connectivity index (χ0v) is 3.59. The molecule has 0 aromatic heterocycles. The van der Waals surface area contributed by atoms with Crippen molar-refractivity contribution in [1.29, 1.82) is 0 Å². The van der Waals surface area contributed by atoms with Gasteiger partial charge in [-0.1, -0.05) is 5.32 Å². The molecule has 0 saturated heterocycles. The zero-order valence-electron chi connectivity index (χ0n) is 3.59. The normalized spacial score (nSPS) is 18.0. The van der Waals surface area contributed by atoms with Gasteiger partial charge in [-0.3, -0.25) is 5.32 Å².